The fourth-order valence-electron chi connectivity index (χ4n) is 1.67. The SMILES string of the molecule is CCCNCC(CCC)N(C)CC(F)(F)F. The number of likely N-dealkylation sites (N-methyl/N-ethyl adjacent to an activating group) is 1. The van der Waals surface area contributed by atoms with Crippen molar-refractivity contribution in [2.45, 2.75) is 45.3 Å². The van der Waals surface area contributed by atoms with Crippen LogP contribution < -0.4 is 5.32 Å². The molecule has 5 heteroatoms. The highest BCUT2D eigenvalue weighted by atomic mass is 19.4. The molecule has 1 atom stereocenters. The summed E-state index contributed by atoms with van der Waals surface area (Å²) in [6.45, 7) is 4.70. The van der Waals surface area contributed by atoms with E-state index < -0.39 is 12.7 Å². The van der Waals surface area contributed by atoms with Gasteiger partial charge < -0.3 is 5.32 Å². The maximum atomic E-state index is 12.2. The number of halogens is 3. The topological polar surface area (TPSA) is 15.3 Å². The Labute approximate surface area is 96.2 Å². The monoisotopic (exact) mass is 240 g/mol. The van der Waals surface area contributed by atoms with E-state index in [2.05, 4.69) is 5.32 Å². The molecule has 0 rings (SSSR count). The second-order valence-electron chi connectivity index (χ2n) is 4.18. The van der Waals surface area contributed by atoms with E-state index >= 15 is 0 Å². The molecule has 0 aliphatic rings. The zero-order valence-corrected chi connectivity index (χ0v) is 10.4. The summed E-state index contributed by atoms with van der Waals surface area (Å²) in [6.07, 6.45) is -1.41. The highest BCUT2D eigenvalue weighted by Gasteiger charge is 2.31. The lowest BCUT2D eigenvalue weighted by molar-refractivity contribution is -0.147. The van der Waals surface area contributed by atoms with Crippen molar-refractivity contribution in [1.82, 2.24) is 10.2 Å². The molecule has 0 saturated carbocycles. The molecule has 0 fully saturated rings. The van der Waals surface area contributed by atoms with Crippen molar-refractivity contribution in [2.75, 3.05) is 26.7 Å². The molecule has 0 aliphatic heterocycles. The van der Waals surface area contributed by atoms with Crippen LogP contribution in [0.15, 0.2) is 0 Å². The normalized spacial score (nSPS) is 14.4. The summed E-state index contributed by atoms with van der Waals surface area (Å²) < 4.78 is 36.7. The molecule has 0 aromatic heterocycles. The third-order valence-corrected chi connectivity index (χ3v) is 2.48. The molecule has 0 amide bonds. The van der Waals surface area contributed by atoms with Crippen LogP contribution in [0.4, 0.5) is 13.2 Å². The molecule has 98 valence electrons. The standard InChI is InChI=1S/C11H23F3N2/c1-4-6-10(8-15-7-5-2)16(3)9-11(12,13)14/h10,15H,4-9H2,1-3H3. The third kappa shape index (κ3) is 7.93. The fourth-order valence-corrected chi connectivity index (χ4v) is 1.67. The zero-order valence-electron chi connectivity index (χ0n) is 10.4. The second-order valence-corrected chi connectivity index (χ2v) is 4.18. The van der Waals surface area contributed by atoms with Gasteiger partial charge in [0, 0.05) is 12.6 Å². The predicted molar refractivity (Wildman–Crippen MR) is 60.5 cm³/mol. The summed E-state index contributed by atoms with van der Waals surface area (Å²) in [7, 11) is 1.54. The van der Waals surface area contributed by atoms with Gasteiger partial charge in [0.2, 0.25) is 0 Å². The Bertz CT molecular complexity index is 171. The van der Waals surface area contributed by atoms with Crippen LogP contribution in [-0.4, -0.2) is 43.8 Å². The highest BCUT2D eigenvalue weighted by Crippen LogP contribution is 2.18. The van der Waals surface area contributed by atoms with Crippen molar-refractivity contribution < 1.29 is 13.2 Å². The Kier molecular flexibility index (Phi) is 7.76. The summed E-state index contributed by atoms with van der Waals surface area (Å²) >= 11 is 0. The Hall–Kier alpha value is -0.290. The Balaban J connectivity index is 4.07. The number of hydrogen-bond donors (Lipinski definition) is 1. The van der Waals surface area contributed by atoms with Crippen molar-refractivity contribution in [3.63, 3.8) is 0 Å². The highest BCUT2D eigenvalue weighted by molar-refractivity contribution is 4.73. The third-order valence-electron chi connectivity index (χ3n) is 2.48. The van der Waals surface area contributed by atoms with Gasteiger partial charge >= 0.3 is 6.18 Å². The number of rotatable bonds is 8. The summed E-state index contributed by atoms with van der Waals surface area (Å²) in [5.74, 6) is 0. The number of nitrogens with zero attached hydrogens (tertiary/aromatic N) is 1. The lowest BCUT2D eigenvalue weighted by atomic mass is 10.1. The van der Waals surface area contributed by atoms with Gasteiger partial charge in [-0.15, -0.1) is 0 Å². The maximum Gasteiger partial charge on any atom is 0.401 e. The van der Waals surface area contributed by atoms with Crippen LogP contribution in [0.2, 0.25) is 0 Å². The van der Waals surface area contributed by atoms with E-state index in [9.17, 15) is 13.2 Å². The Morgan fingerprint density at radius 1 is 1.19 bits per heavy atom. The van der Waals surface area contributed by atoms with Crippen LogP contribution >= 0.6 is 0 Å². The average Bonchev–Trinajstić information content (AvgIpc) is 2.14. The van der Waals surface area contributed by atoms with E-state index in [1.165, 1.54) is 4.90 Å². The minimum absolute atomic E-state index is 0.0295. The smallest absolute Gasteiger partial charge is 0.315 e. The molecule has 1 unspecified atom stereocenters. The molecule has 0 aromatic rings. The first-order chi connectivity index (χ1) is 7.40. The van der Waals surface area contributed by atoms with Gasteiger partial charge in [-0.2, -0.15) is 13.2 Å². The van der Waals surface area contributed by atoms with Gasteiger partial charge in [-0.3, -0.25) is 4.90 Å². The molecular formula is C11H23F3N2. The minimum atomic E-state index is -4.11. The molecule has 1 N–H and O–H groups in total. The van der Waals surface area contributed by atoms with Crippen molar-refractivity contribution >= 4 is 0 Å². The molecule has 16 heavy (non-hydrogen) atoms. The molecule has 0 radical (unpaired) electrons. The van der Waals surface area contributed by atoms with Gasteiger partial charge in [0.25, 0.3) is 0 Å². The predicted octanol–water partition coefficient (Wildman–Crippen LogP) is 2.65. The first-order valence-corrected chi connectivity index (χ1v) is 5.88. The molecule has 0 spiro atoms. The van der Waals surface area contributed by atoms with E-state index in [4.69, 9.17) is 0 Å². The lowest BCUT2D eigenvalue weighted by Crippen LogP contribution is -2.44. The molecular weight excluding hydrogens is 217 g/mol. The summed E-state index contributed by atoms with van der Waals surface area (Å²) in [6, 6.07) is -0.0295. The molecule has 0 saturated heterocycles. The van der Waals surface area contributed by atoms with E-state index in [1.54, 1.807) is 7.05 Å². The zero-order chi connectivity index (χ0) is 12.6. The lowest BCUT2D eigenvalue weighted by Gasteiger charge is -2.28. The Morgan fingerprint density at radius 3 is 2.25 bits per heavy atom. The van der Waals surface area contributed by atoms with Gasteiger partial charge in [-0.1, -0.05) is 20.3 Å². The maximum absolute atomic E-state index is 12.2. The van der Waals surface area contributed by atoms with Crippen LogP contribution in [0.5, 0.6) is 0 Å². The Morgan fingerprint density at radius 2 is 1.81 bits per heavy atom. The first-order valence-electron chi connectivity index (χ1n) is 5.88. The largest absolute Gasteiger partial charge is 0.401 e. The average molecular weight is 240 g/mol. The molecule has 0 aromatic carbocycles. The van der Waals surface area contributed by atoms with Crippen LogP contribution in [0, 0.1) is 0 Å². The molecule has 2 nitrogen and oxygen atoms in total. The fraction of sp³-hybridized carbons (Fsp3) is 1.00. The van der Waals surface area contributed by atoms with Crippen LogP contribution in [0.3, 0.4) is 0 Å². The van der Waals surface area contributed by atoms with Crippen LogP contribution in [0.25, 0.3) is 0 Å². The quantitative estimate of drug-likeness (QED) is 0.656. The minimum Gasteiger partial charge on any atom is -0.315 e. The van der Waals surface area contributed by atoms with Crippen molar-refractivity contribution in [3.05, 3.63) is 0 Å². The van der Waals surface area contributed by atoms with E-state index in [1.807, 2.05) is 13.8 Å². The number of hydrogen-bond acceptors (Lipinski definition) is 2. The summed E-state index contributed by atoms with van der Waals surface area (Å²) in [4.78, 5) is 1.40. The van der Waals surface area contributed by atoms with Crippen molar-refractivity contribution in [3.8, 4) is 0 Å². The van der Waals surface area contributed by atoms with Crippen molar-refractivity contribution in [1.29, 1.82) is 0 Å². The second kappa shape index (κ2) is 7.90. The summed E-state index contributed by atoms with van der Waals surface area (Å²) in [5, 5.41) is 3.18. The first kappa shape index (κ1) is 15.7. The van der Waals surface area contributed by atoms with Gasteiger partial charge in [0.15, 0.2) is 0 Å². The van der Waals surface area contributed by atoms with Gasteiger partial charge in [-0.25, -0.2) is 0 Å². The van der Waals surface area contributed by atoms with Gasteiger partial charge in [0.1, 0.15) is 0 Å². The number of alkyl halides is 3. The van der Waals surface area contributed by atoms with E-state index in [-0.39, 0.29) is 6.04 Å². The van der Waals surface area contributed by atoms with Gasteiger partial charge in [-0.05, 0) is 26.4 Å². The van der Waals surface area contributed by atoms with Crippen LogP contribution in [-0.2, 0) is 0 Å². The van der Waals surface area contributed by atoms with Crippen LogP contribution in [0.1, 0.15) is 33.1 Å². The molecule has 0 heterocycles. The van der Waals surface area contributed by atoms with Gasteiger partial charge in [0.05, 0.1) is 6.54 Å². The number of nitrogens with one attached hydrogen (secondary N) is 1. The van der Waals surface area contributed by atoms with Crippen molar-refractivity contribution in [2.24, 2.45) is 0 Å². The molecule has 0 bridgehead atoms. The van der Waals surface area contributed by atoms with E-state index in [0.29, 0.717) is 6.54 Å². The molecule has 0 aliphatic carbocycles. The summed E-state index contributed by atoms with van der Waals surface area (Å²) in [5.41, 5.74) is 0. The van der Waals surface area contributed by atoms with E-state index in [0.717, 1.165) is 25.8 Å².